The van der Waals surface area contributed by atoms with Crippen molar-refractivity contribution in [1.29, 1.82) is 0 Å². The number of nitrogens with one attached hydrogen (secondary N) is 1. The highest BCUT2D eigenvalue weighted by Gasteiger charge is 2.13. The number of anilines is 1. The lowest BCUT2D eigenvalue weighted by Crippen LogP contribution is -2.30. The van der Waals surface area contributed by atoms with Crippen LogP contribution in [0.4, 0.5) is 11.4 Å². The molecule has 7 heteroatoms. The summed E-state index contributed by atoms with van der Waals surface area (Å²) in [6.07, 6.45) is 0. The molecule has 0 aromatic heterocycles. The van der Waals surface area contributed by atoms with Gasteiger partial charge in [0.25, 0.3) is 17.5 Å². The second kappa shape index (κ2) is 5.83. The molecule has 2 amide bonds. The second-order valence-corrected chi connectivity index (χ2v) is 4.21. The van der Waals surface area contributed by atoms with Gasteiger partial charge in [0.15, 0.2) is 0 Å². The molecule has 0 saturated heterocycles. The number of carbonyl (C=O) groups is 2. The van der Waals surface area contributed by atoms with Crippen molar-refractivity contribution in [2.24, 2.45) is 0 Å². The van der Waals surface area contributed by atoms with Crippen LogP contribution in [-0.4, -0.2) is 16.7 Å². The highest BCUT2D eigenvalue weighted by Crippen LogP contribution is 2.12. The van der Waals surface area contributed by atoms with E-state index in [9.17, 15) is 19.7 Å². The first-order valence-electron chi connectivity index (χ1n) is 5.93. The van der Waals surface area contributed by atoms with Gasteiger partial charge in [0.2, 0.25) is 0 Å². The number of non-ortho nitro benzene ring substituents is 1. The molecule has 0 bridgehead atoms. The molecular weight excluding hydrogens is 274 g/mol. The second-order valence-electron chi connectivity index (χ2n) is 4.21. The van der Waals surface area contributed by atoms with Gasteiger partial charge in [0, 0.05) is 28.9 Å². The van der Waals surface area contributed by atoms with E-state index in [2.05, 4.69) is 5.32 Å². The largest absolute Gasteiger partial charge is 0.399 e. The zero-order valence-electron chi connectivity index (χ0n) is 10.8. The molecule has 0 saturated carbocycles. The minimum absolute atomic E-state index is 0.128. The van der Waals surface area contributed by atoms with Crippen LogP contribution in [0, 0.1) is 10.1 Å². The summed E-state index contributed by atoms with van der Waals surface area (Å²) in [7, 11) is 0. The Morgan fingerprint density at radius 1 is 0.905 bits per heavy atom. The van der Waals surface area contributed by atoms with Crippen molar-refractivity contribution in [3.8, 4) is 0 Å². The van der Waals surface area contributed by atoms with Gasteiger partial charge in [-0.15, -0.1) is 0 Å². The minimum Gasteiger partial charge on any atom is -0.399 e. The number of hydrogen-bond acceptors (Lipinski definition) is 5. The summed E-state index contributed by atoms with van der Waals surface area (Å²) in [6.45, 7) is 0. The molecule has 0 atom stereocenters. The lowest BCUT2D eigenvalue weighted by Gasteiger charge is -2.04. The Labute approximate surface area is 119 Å². The van der Waals surface area contributed by atoms with Crippen LogP contribution in [-0.2, 0) is 0 Å². The van der Waals surface area contributed by atoms with Gasteiger partial charge in [-0.2, -0.15) is 0 Å². The third-order valence-electron chi connectivity index (χ3n) is 2.74. The Bertz CT molecular complexity index is 693. The molecular formula is C14H11N3O4. The van der Waals surface area contributed by atoms with E-state index in [1.54, 1.807) is 12.1 Å². The van der Waals surface area contributed by atoms with Gasteiger partial charge in [-0.25, -0.2) is 0 Å². The first-order chi connectivity index (χ1) is 9.97. The molecule has 0 heterocycles. The Hall–Kier alpha value is -3.22. The van der Waals surface area contributed by atoms with Crippen LogP contribution in [0.5, 0.6) is 0 Å². The van der Waals surface area contributed by atoms with E-state index in [1.807, 2.05) is 0 Å². The number of imide groups is 1. The fourth-order valence-corrected chi connectivity index (χ4v) is 1.62. The lowest BCUT2D eigenvalue weighted by molar-refractivity contribution is -0.384. The summed E-state index contributed by atoms with van der Waals surface area (Å²) < 4.78 is 0. The standard InChI is InChI=1S/C14H11N3O4/c15-11-5-1-9(2-6-11)13(18)16-14(19)10-3-7-12(8-4-10)17(20)21/h1-8H,15H2,(H,16,18,19). The first-order valence-corrected chi connectivity index (χ1v) is 5.93. The summed E-state index contributed by atoms with van der Waals surface area (Å²) in [5, 5.41) is 12.7. The number of nitrogens with two attached hydrogens (primary N) is 1. The fraction of sp³-hybridized carbons (Fsp3) is 0. The smallest absolute Gasteiger partial charge is 0.269 e. The lowest BCUT2D eigenvalue weighted by atomic mass is 10.1. The average Bonchev–Trinajstić information content (AvgIpc) is 2.47. The fourth-order valence-electron chi connectivity index (χ4n) is 1.62. The number of carbonyl (C=O) groups excluding carboxylic acids is 2. The maximum absolute atomic E-state index is 11.9. The predicted octanol–water partition coefficient (Wildman–Crippen LogP) is 1.75. The highest BCUT2D eigenvalue weighted by molar-refractivity contribution is 6.10. The number of nitro benzene ring substituents is 1. The van der Waals surface area contributed by atoms with Crippen molar-refractivity contribution in [3.05, 3.63) is 69.8 Å². The van der Waals surface area contributed by atoms with Gasteiger partial charge in [0.1, 0.15) is 0 Å². The molecule has 0 aliphatic carbocycles. The quantitative estimate of drug-likeness (QED) is 0.386. The predicted molar refractivity (Wildman–Crippen MR) is 75.7 cm³/mol. The molecule has 2 aromatic rings. The van der Waals surface area contributed by atoms with E-state index < -0.39 is 16.7 Å². The molecule has 21 heavy (non-hydrogen) atoms. The summed E-state index contributed by atoms with van der Waals surface area (Å²) in [5.74, 6) is -1.20. The van der Waals surface area contributed by atoms with Crippen molar-refractivity contribution in [2.45, 2.75) is 0 Å². The van der Waals surface area contributed by atoms with Crippen LogP contribution in [0.15, 0.2) is 48.5 Å². The van der Waals surface area contributed by atoms with Crippen molar-refractivity contribution in [2.75, 3.05) is 5.73 Å². The highest BCUT2D eigenvalue weighted by atomic mass is 16.6. The summed E-state index contributed by atoms with van der Waals surface area (Å²) >= 11 is 0. The van der Waals surface area contributed by atoms with Crippen LogP contribution in [0.2, 0.25) is 0 Å². The third kappa shape index (κ3) is 3.41. The van der Waals surface area contributed by atoms with Gasteiger partial charge in [-0.1, -0.05) is 0 Å². The van der Waals surface area contributed by atoms with Crippen molar-refractivity contribution < 1.29 is 14.5 Å². The van der Waals surface area contributed by atoms with Crippen molar-refractivity contribution in [3.63, 3.8) is 0 Å². The number of nitrogen functional groups attached to an aromatic ring is 1. The minimum atomic E-state index is -0.633. The van der Waals surface area contributed by atoms with E-state index in [0.29, 0.717) is 11.3 Å². The first kappa shape index (κ1) is 14.2. The average molecular weight is 285 g/mol. The monoisotopic (exact) mass is 285 g/mol. The number of nitro groups is 1. The van der Waals surface area contributed by atoms with E-state index in [1.165, 1.54) is 36.4 Å². The van der Waals surface area contributed by atoms with E-state index in [4.69, 9.17) is 5.73 Å². The normalized spacial score (nSPS) is 9.90. The number of nitrogens with zero attached hydrogens (tertiary/aromatic N) is 1. The molecule has 106 valence electrons. The van der Waals surface area contributed by atoms with E-state index in [0.717, 1.165) is 0 Å². The molecule has 0 radical (unpaired) electrons. The maximum Gasteiger partial charge on any atom is 0.269 e. The molecule has 3 N–H and O–H groups in total. The van der Waals surface area contributed by atoms with Gasteiger partial charge in [-0.05, 0) is 36.4 Å². The molecule has 2 aromatic carbocycles. The third-order valence-corrected chi connectivity index (χ3v) is 2.74. The van der Waals surface area contributed by atoms with E-state index in [-0.39, 0.29) is 11.3 Å². The van der Waals surface area contributed by atoms with Gasteiger partial charge >= 0.3 is 0 Å². The number of hydrogen-bond donors (Lipinski definition) is 2. The SMILES string of the molecule is Nc1ccc(C(=O)NC(=O)c2ccc([N+](=O)[O-])cc2)cc1. The van der Waals surface area contributed by atoms with Gasteiger partial charge in [-0.3, -0.25) is 25.0 Å². The molecule has 0 spiro atoms. The van der Waals surface area contributed by atoms with Crippen LogP contribution in [0.25, 0.3) is 0 Å². The Balaban J connectivity index is 2.08. The summed E-state index contributed by atoms with van der Waals surface area (Å²) in [5.41, 5.74) is 6.33. The zero-order chi connectivity index (χ0) is 15.4. The molecule has 2 rings (SSSR count). The summed E-state index contributed by atoms with van der Waals surface area (Å²) in [4.78, 5) is 33.6. The Morgan fingerprint density at radius 2 is 1.33 bits per heavy atom. The van der Waals surface area contributed by atoms with Crippen LogP contribution >= 0.6 is 0 Å². The molecule has 0 aliphatic rings. The zero-order valence-corrected chi connectivity index (χ0v) is 10.8. The Kier molecular flexibility index (Phi) is 3.94. The molecule has 0 unspecified atom stereocenters. The molecule has 0 fully saturated rings. The topological polar surface area (TPSA) is 115 Å². The van der Waals surface area contributed by atoms with Crippen molar-refractivity contribution >= 4 is 23.2 Å². The van der Waals surface area contributed by atoms with Crippen LogP contribution < -0.4 is 11.1 Å². The van der Waals surface area contributed by atoms with Crippen LogP contribution in [0.3, 0.4) is 0 Å². The van der Waals surface area contributed by atoms with Crippen molar-refractivity contribution in [1.82, 2.24) is 5.32 Å². The number of benzene rings is 2. The van der Waals surface area contributed by atoms with Gasteiger partial charge in [0.05, 0.1) is 4.92 Å². The number of rotatable bonds is 3. The molecule has 0 aliphatic heterocycles. The summed E-state index contributed by atoms with van der Waals surface area (Å²) in [6, 6.07) is 11.0. The maximum atomic E-state index is 11.9. The van der Waals surface area contributed by atoms with Gasteiger partial charge < -0.3 is 5.73 Å². The molecule has 7 nitrogen and oxygen atoms in total. The Morgan fingerprint density at radius 3 is 1.76 bits per heavy atom. The van der Waals surface area contributed by atoms with E-state index >= 15 is 0 Å². The van der Waals surface area contributed by atoms with Crippen LogP contribution in [0.1, 0.15) is 20.7 Å². The number of amides is 2.